The molecule has 2 aromatic rings. The van der Waals surface area contributed by atoms with E-state index in [4.69, 9.17) is 9.47 Å². The SMILES string of the molecule is C=CCCC(=O)NC[C@H](C)OC(=O)[C@@H]1[C@H]2O[C@@]3(CC2Br)[C@H](C(=O)N(CC=C)c2ccc4ccccc4c2)N([C@H](C)CO)C(=O)[C@@H]13. The van der Waals surface area contributed by atoms with Crippen LogP contribution in [0.4, 0.5) is 5.69 Å². The number of benzene rings is 2. The highest BCUT2D eigenvalue weighted by atomic mass is 79.9. The number of fused-ring (bicyclic) bond motifs is 2. The fourth-order valence-electron chi connectivity index (χ4n) is 7.02. The number of aliphatic hydroxyl groups excluding tert-OH is 1. The van der Waals surface area contributed by atoms with Crippen LogP contribution in [0.15, 0.2) is 67.8 Å². The monoisotopic (exact) mass is 681 g/mol. The van der Waals surface area contributed by atoms with Crippen LogP contribution in [0.3, 0.4) is 0 Å². The van der Waals surface area contributed by atoms with Crippen molar-refractivity contribution in [2.75, 3.05) is 24.6 Å². The van der Waals surface area contributed by atoms with Crippen LogP contribution in [0.25, 0.3) is 10.8 Å². The number of carbonyl (C=O) groups is 4. The molecule has 8 atom stereocenters. The van der Waals surface area contributed by atoms with E-state index >= 15 is 0 Å². The number of rotatable bonds is 13. The molecule has 3 aliphatic heterocycles. The van der Waals surface area contributed by atoms with E-state index in [2.05, 4.69) is 34.4 Å². The van der Waals surface area contributed by atoms with Crippen molar-refractivity contribution < 1.29 is 33.8 Å². The molecule has 240 valence electrons. The number of esters is 1. The van der Waals surface area contributed by atoms with Crippen LogP contribution in [0, 0.1) is 11.8 Å². The van der Waals surface area contributed by atoms with E-state index in [9.17, 15) is 24.3 Å². The maximum Gasteiger partial charge on any atom is 0.312 e. The highest BCUT2D eigenvalue weighted by molar-refractivity contribution is 9.09. The molecule has 10 nitrogen and oxygen atoms in total. The highest BCUT2D eigenvalue weighted by Crippen LogP contribution is 2.60. The van der Waals surface area contributed by atoms with Crippen molar-refractivity contribution in [3.8, 4) is 0 Å². The van der Waals surface area contributed by atoms with Crippen LogP contribution in [-0.4, -0.2) is 88.1 Å². The number of anilines is 1. The molecule has 3 fully saturated rings. The second-order valence-electron chi connectivity index (χ2n) is 12.1. The lowest BCUT2D eigenvalue weighted by Crippen LogP contribution is -2.58. The second kappa shape index (κ2) is 13.4. The summed E-state index contributed by atoms with van der Waals surface area (Å²) in [7, 11) is 0. The Balaban J connectivity index is 1.46. The Labute approximate surface area is 271 Å². The Morgan fingerprint density at radius 1 is 1.20 bits per heavy atom. The number of allylic oxidation sites excluding steroid dienone is 1. The molecule has 11 heteroatoms. The largest absolute Gasteiger partial charge is 0.460 e. The number of hydrogen-bond donors (Lipinski definition) is 2. The number of likely N-dealkylation sites (tertiary alicyclic amines) is 1. The van der Waals surface area contributed by atoms with Gasteiger partial charge in [-0.3, -0.25) is 19.2 Å². The Hall–Kier alpha value is -3.54. The van der Waals surface area contributed by atoms with Gasteiger partial charge >= 0.3 is 5.97 Å². The first-order valence-corrected chi connectivity index (χ1v) is 16.2. The van der Waals surface area contributed by atoms with Gasteiger partial charge in [-0.25, -0.2) is 0 Å². The minimum Gasteiger partial charge on any atom is -0.460 e. The molecule has 3 aliphatic rings. The Morgan fingerprint density at radius 3 is 2.62 bits per heavy atom. The molecule has 2 bridgehead atoms. The molecule has 3 heterocycles. The lowest BCUT2D eigenvalue weighted by Gasteiger charge is -2.38. The Morgan fingerprint density at radius 2 is 1.93 bits per heavy atom. The van der Waals surface area contributed by atoms with Crippen molar-refractivity contribution in [1.82, 2.24) is 10.2 Å². The predicted molar refractivity (Wildman–Crippen MR) is 174 cm³/mol. The average molecular weight is 683 g/mol. The number of ether oxygens (including phenoxy) is 2. The van der Waals surface area contributed by atoms with Gasteiger partial charge in [-0.2, -0.15) is 0 Å². The first kappa shape index (κ1) is 32.8. The normalized spacial score (nSPS) is 28.0. The van der Waals surface area contributed by atoms with Crippen molar-refractivity contribution in [3.05, 3.63) is 67.8 Å². The standard InChI is InChI=1S/C34H40BrN3O7/c1-5-7-12-26(40)36-18-21(4)44-33(43)27-28-31(41)38(20(3)19-39)30(34(28)17-25(35)29(27)45-34)32(42)37(15-6-2)24-14-13-22-10-8-9-11-23(22)16-24/h5-6,8-11,13-14,16,20-21,25,27-30,39H,1-2,7,12,15,17-19H2,3-4H3,(H,36,40)/t20-,21+,25?,27+,28-,29+,30+,34-/m1/s1. The zero-order chi connectivity index (χ0) is 32.5. The molecular formula is C34H40BrN3O7. The lowest BCUT2D eigenvalue weighted by atomic mass is 9.70. The van der Waals surface area contributed by atoms with Gasteiger partial charge in [-0.15, -0.1) is 13.2 Å². The van der Waals surface area contributed by atoms with Gasteiger partial charge in [-0.1, -0.05) is 58.4 Å². The van der Waals surface area contributed by atoms with E-state index in [1.54, 1.807) is 30.9 Å². The van der Waals surface area contributed by atoms with Gasteiger partial charge in [0.25, 0.3) is 5.91 Å². The molecule has 2 aromatic carbocycles. The summed E-state index contributed by atoms with van der Waals surface area (Å²) in [6.45, 7) is 10.7. The van der Waals surface area contributed by atoms with E-state index in [1.807, 2.05) is 42.5 Å². The number of nitrogens with one attached hydrogen (secondary N) is 1. The second-order valence-corrected chi connectivity index (χ2v) is 13.3. The number of amides is 3. The molecule has 0 radical (unpaired) electrons. The maximum absolute atomic E-state index is 14.7. The van der Waals surface area contributed by atoms with Gasteiger partial charge in [0.05, 0.1) is 37.1 Å². The summed E-state index contributed by atoms with van der Waals surface area (Å²) in [4.78, 5) is 57.4. The molecule has 45 heavy (non-hydrogen) atoms. The number of nitrogens with zero attached hydrogens (tertiary/aromatic N) is 2. The number of halogens is 1. The molecule has 0 aromatic heterocycles. The van der Waals surface area contributed by atoms with Gasteiger partial charge < -0.3 is 29.7 Å². The van der Waals surface area contributed by atoms with Gasteiger partial charge in [0, 0.05) is 23.5 Å². The zero-order valence-corrected chi connectivity index (χ0v) is 27.1. The van der Waals surface area contributed by atoms with Crippen LogP contribution in [0.1, 0.15) is 33.1 Å². The summed E-state index contributed by atoms with van der Waals surface area (Å²) in [5, 5.41) is 14.9. The first-order chi connectivity index (χ1) is 21.6. The Kier molecular flexibility index (Phi) is 9.81. The number of alkyl halides is 1. The average Bonchev–Trinajstić information content (AvgIpc) is 3.63. The van der Waals surface area contributed by atoms with E-state index in [1.165, 1.54) is 4.90 Å². The minimum absolute atomic E-state index is 0.110. The highest BCUT2D eigenvalue weighted by Gasteiger charge is 2.77. The lowest BCUT2D eigenvalue weighted by molar-refractivity contribution is -0.159. The molecule has 5 rings (SSSR count). The van der Waals surface area contributed by atoms with Gasteiger partial charge in [-0.05, 0) is 49.6 Å². The molecule has 1 unspecified atom stereocenters. The summed E-state index contributed by atoms with van der Waals surface area (Å²) < 4.78 is 12.3. The number of aliphatic hydroxyl groups is 1. The Bertz CT molecular complexity index is 1500. The molecule has 2 N–H and O–H groups in total. The van der Waals surface area contributed by atoms with Crippen molar-refractivity contribution in [2.24, 2.45) is 11.8 Å². The van der Waals surface area contributed by atoms with Gasteiger partial charge in [0.15, 0.2) is 0 Å². The fourth-order valence-corrected chi connectivity index (χ4v) is 7.96. The quantitative estimate of drug-likeness (QED) is 0.188. The first-order valence-electron chi connectivity index (χ1n) is 15.3. The maximum atomic E-state index is 14.7. The smallest absolute Gasteiger partial charge is 0.312 e. The van der Waals surface area contributed by atoms with E-state index in [0.29, 0.717) is 18.5 Å². The van der Waals surface area contributed by atoms with Crippen LogP contribution < -0.4 is 10.2 Å². The topological polar surface area (TPSA) is 125 Å². The molecule has 0 saturated carbocycles. The van der Waals surface area contributed by atoms with Crippen molar-refractivity contribution in [1.29, 1.82) is 0 Å². The van der Waals surface area contributed by atoms with Crippen LogP contribution in [-0.2, 0) is 28.7 Å². The summed E-state index contributed by atoms with van der Waals surface area (Å²) in [6.07, 6.45) is 3.05. The predicted octanol–water partition coefficient (Wildman–Crippen LogP) is 3.50. The molecule has 1 spiro atoms. The minimum atomic E-state index is -1.32. The third kappa shape index (κ3) is 5.93. The van der Waals surface area contributed by atoms with Crippen molar-refractivity contribution >= 4 is 56.1 Å². The molecule has 3 saturated heterocycles. The summed E-state index contributed by atoms with van der Waals surface area (Å²) in [5.74, 6) is -3.58. The van der Waals surface area contributed by atoms with Gasteiger partial charge in [0.2, 0.25) is 11.8 Å². The summed E-state index contributed by atoms with van der Waals surface area (Å²) in [5.41, 5.74) is -0.691. The van der Waals surface area contributed by atoms with Gasteiger partial charge in [0.1, 0.15) is 17.7 Å². The van der Waals surface area contributed by atoms with E-state index in [-0.39, 0.29) is 42.8 Å². The van der Waals surface area contributed by atoms with Crippen molar-refractivity contribution in [2.45, 2.75) is 67.8 Å². The zero-order valence-electron chi connectivity index (χ0n) is 25.6. The summed E-state index contributed by atoms with van der Waals surface area (Å²) in [6, 6.07) is 11.7. The summed E-state index contributed by atoms with van der Waals surface area (Å²) >= 11 is 3.67. The molecule has 3 amide bonds. The fraction of sp³-hybridized carbons (Fsp3) is 0.471. The molecule has 0 aliphatic carbocycles. The van der Waals surface area contributed by atoms with Crippen LogP contribution in [0.5, 0.6) is 0 Å². The van der Waals surface area contributed by atoms with Crippen molar-refractivity contribution in [3.63, 3.8) is 0 Å². The molecular weight excluding hydrogens is 642 g/mol. The number of carbonyl (C=O) groups excluding carboxylic acids is 4. The van der Waals surface area contributed by atoms with E-state index < -0.39 is 53.6 Å². The van der Waals surface area contributed by atoms with E-state index in [0.717, 1.165) is 10.8 Å². The van der Waals surface area contributed by atoms with Crippen LogP contribution in [0.2, 0.25) is 0 Å². The third-order valence-corrected chi connectivity index (χ3v) is 9.92. The number of hydrogen-bond acceptors (Lipinski definition) is 7. The third-order valence-electron chi connectivity index (χ3n) is 9.07. The van der Waals surface area contributed by atoms with Crippen LogP contribution >= 0.6 is 15.9 Å².